The van der Waals surface area contributed by atoms with E-state index < -0.39 is 35.8 Å². The largest absolute Gasteiger partial charge is 0.464 e. The van der Waals surface area contributed by atoms with Crippen LogP contribution in [0, 0.1) is 0 Å². The number of esters is 1. The minimum Gasteiger partial charge on any atom is -0.464 e. The van der Waals surface area contributed by atoms with Gasteiger partial charge in [-0.1, -0.05) is 0 Å². The smallest absolute Gasteiger partial charge is 0.332 e. The Morgan fingerprint density at radius 3 is 2.61 bits per heavy atom. The van der Waals surface area contributed by atoms with Crippen LogP contribution in [0.15, 0.2) is 0 Å². The molecule has 3 N–H and O–H groups in total. The van der Waals surface area contributed by atoms with Crippen molar-refractivity contribution in [1.82, 2.24) is 10.2 Å². The first-order chi connectivity index (χ1) is 8.38. The Kier molecular flexibility index (Phi) is 4.38. The van der Waals surface area contributed by atoms with Gasteiger partial charge in [0.2, 0.25) is 11.8 Å². The minimum atomic E-state index is -1.50. The van der Waals surface area contributed by atoms with Gasteiger partial charge >= 0.3 is 5.97 Å². The quantitative estimate of drug-likeness (QED) is 0.333. The van der Waals surface area contributed by atoms with E-state index in [-0.39, 0.29) is 13.0 Å². The molecule has 0 aromatic heterocycles. The van der Waals surface area contributed by atoms with Crippen molar-refractivity contribution in [3.8, 4) is 0 Å². The van der Waals surface area contributed by atoms with Gasteiger partial charge in [-0.15, -0.1) is 0 Å². The fraction of sp³-hybridized carbons (Fsp3) is 0.600. The average Bonchev–Trinajstić information content (AvgIpc) is 2.56. The number of hydrogen-bond donors (Lipinski definition) is 2. The van der Waals surface area contributed by atoms with Crippen molar-refractivity contribution in [2.45, 2.75) is 25.4 Å². The van der Waals surface area contributed by atoms with Crippen LogP contribution in [0.2, 0.25) is 0 Å². The molecular formula is C10H15N3O5. The Labute approximate surface area is 103 Å². The van der Waals surface area contributed by atoms with Crippen molar-refractivity contribution in [3.05, 3.63) is 0 Å². The molecule has 1 aliphatic rings. The number of rotatable bonds is 4. The predicted molar refractivity (Wildman–Crippen MR) is 58.9 cm³/mol. The summed E-state index contributed by atoms with van der Waals surface area (Å²) in [5.41, 5.74) is 5.34. The van der Waals surface area contributed by atoms with Gasteiger partial charge in [0.25, 0.3) is 5.91 Å². The third-order valence-electron chi connectivity index (χ3n) is 2.52. The first-order valence-corrected chi connectivity index (χ1v) is 5.41. The Morgan fingerprint density at radius 1 is 1.56 bits per heavy atom. The van der Waals surface area contributed by atoms with E-state index in [1.54, 1.807) is 6.92 Å². The number of hydrogen-bond acceptors (Lipinski definition) is 6. The molecule has 18 heavy (non-hydrogen) atoms. The highest BCUT2D eigenvalue weighted by atomic mass is 16.5. The lowest BCUT2D eigenvalue weighted by Crippen LogP contribution is -2.51. The Morgan fingerprint density at radius 2 is 2.17 bits per heavy atom. The van der Waals surface area contributed by atoms with Gasteiger partial charge in [0.05, 0.1) is 13.0 Å². The van der Waals surface area contributed by atoms with Gasteiger partial charge in [-0.2, -0.15) is 0 Å². The number of nitrogens with one attached hydrogen (secondary N) is 1. The lowest BCUT2D eigenvalue weighted by molar-refractivity contribution is -0.149. The molecule has 8 heteroatoms. The first-order valence-electron chi connectivity index (χ1n) is 5.41. The maximum absolute atomic E-state index is 11.6. The number of amides is 3. The van der Waals surface area contributed by atoms with Crippen molar-refractivity contribution in [2.75, 3.05) is 13.7 Å². The zero-order valence-electron chi connectivity index (χ0n) is 10.1. The van der Waals surface area contributed by atoms with E-state index >= 15 is 0 Å². The summed E-state index contributed by atoms with van der Waals surface area (Å²) in [4.78, 5) is 46.4. The van der Waals surface area contributed by atoms with Crippen LogP contribution in [-0.4, -0.2) is 54.3 Å². The molecule has 0 spiro atoms. The topological polar surface area (TPSA) is 119 Å². The number of ether oxygens (including phenoxy) is 1. The fourth-order valence-electron chi connectivity index (χ4n) is 1.47. The predicted octanol–water partition coefficient (Wildman–Crippen LogP) is -2.25. The second-order valence-electron chi connectivity index (χ2n) is 3.79. The standard InChI is InChI=1S/C10H15N3O5/c1-3-18-10(17)7(11)8(15)12-5-4-6(14)13(2)9(5)16/h5,7H,3-4,11H2,1-2H3,(H,12,15). The van der Waals surface area contributed by atoms with Crippen molar-refractivity contribution >= 4 is 23.7 Å². The van der Waals surface area contributed by atoms with E-state index in [0.29, 0.717) is 0 Å². The lowest BCUT2D eigenvalue weighted by Gasteiger charge is -2.14. The summed E-state index contributed by atoms with van der Waals surface area (Å²) in [5, 5.41) is 2.25. The van der Waals surface area contributed by atoms with E-state index in [0.717, 1.165) is 4.90 Å². The van der Waals surface area contributed by atoms with Crippen LogP contribution in [0.4, 0.5) is 0 Å². The zero-order chi connectivity index (χ0) is 13.9. The average molecular weight is 257 g/mol. The molecule has 0 radical (unpaired) electrons. The second kappa shape index (κ2) is 5.58. The molecule has 1 fully saturated rings. The molecule has 8 nitrogen and oxygen atoms in total. The van der Waals surface area contributed by atoms with Crippen LogP contribution in [-0.2, 0) is 23.9 Å². The van der Waals surface area contributed by atoms with Gasteiger partial charge in [0, 0.05) is 7.05 Å². The number of nitrogens with zero attached hydrogens (tertiary/aromatic N) is 1. The van der Waals surface area contributed by atoms with Gasteiger partial charge in [0.15, 0.2) is 6.04 Å². The van der Waals surface area contributed by atoms with E-state index in [4.69, 9.17) is 5.73 Å². The molecule has 0 aromatic rings. The Balaban J connectivity index is 2.58. The minimum absolute atomic E-state index is 0.101. The zero-order valence-corrected chi connectivity index (χ0v) is 10.1. The van der Waals surface area contributed by atoms with Crippen LogP contribution >= 0.6 is 0 Å². The van der Waals surface area contributed by atoms with Crippen LogP contribution in [0.1, 0.15) is 13.3 Å². The van der Waals surface area contributed by atoms with E-state index in [1.807, 2.05) is 0 Å². The van der Waals surface area contributed by atoms with E-state index in [9.17, 15) is 19.2 Å². The molecule has 100 valence electrons. The maximum Gasteiger partial charge on any atom is 0.332 e. The highest BCUT2D eigenvalue weighted by molar-refractivity contribution is 6.08. The highest BCUT2D eigenvalue weighted by Crippen LogP contribution is 2.10. The van der Waals surface area contributed by atoms with E-state index in [1.165, 1.54) is 7.05 Å². The van der Waals surface area contributed by atoms with Gasteiger partial charge in [-0.3, -0.25) is 19.3 Å². The number of likely N-dealkylation sites (tertiary alicyclic amines) is 1. The molecule has 2 atom stereocenters. The second-order valence-corrected chi connectivity index (χ2v) is 3.79. The molecule has 0 aliphatic carbocycles. The van der Waals surface area contributed by atoms with Crippen molar-refractivity contribution < 1.29 is 23.9 Å². The molecule has 0 saturated carbocycles. The van der Waals surface area contributed by atoms with Gasteiger partial charge in [0.1, 0.15) is 6.04 Å². The molecule has 1 saturated heterocycles. The third-order valence-corrected chi connectivity index (χ3v) is 2.52. The molecular weight excluding hydrogens is 242 g/mol. The van der Waals surface area contributed by atoms with Crippen LogP contribution < -0.4 is 11.1 Å². The van der Waals surface area contributed by atoms with Gasteiger partial charge < -0.3 is 15.8 Å². The number of nitrogens with two attached hydrogens (primary N) is 1. The van der Waals surface area contributed by atoms with Gasteiger partial charge in [-0.05, 0) is 6.92 Å². The van der Waals surface area contributed by atoms with Gasteiger partial charge in [-0.25, -0.2) is 4.79 Å². The van der Waals surface area contributed by atoms with E-state index in [2.05, 4.69) is 10.1 Å². The number of imide groups is 1. The summed E-state index contributed by atoms with van der Waals surface area (Å²) >= 11 is 0. The van der Waals surface area contributed by atoms with Crippen molar-refractivity contribution in [2.24, 2.45) is 5.73 Å². The summed E-state index contributed by atoms with van der Waals surface area (Å²) in [6, 6.07) is -2.46. The Bertz CT molecular complexity index is 395. The first kappa shape index (κ1) is 14.1. The molecule has 2 unspecified atom stereocenters. The summed E-state index contributed by atoms with van der Waals surface area (Å²) in [7, 11) is 1.32. The van der Waals surface area contributed by atoms with Crippen molar-refractivity contribution in [1.29, 1.82) is 0 Å². The summed E-state index contributed by atoms with van der Waals surface area (Å²) in [6.07, 6.45) is -0.128. The van der Waals surface area contributed by atoms with Crippen LogP contribution in [0.5, 0.6) is 0 Å². The molecule has 0 aromatic carbocycles. The number of carbonyl (C=O) groups is 4. The highest BCUT2D eigenvalue weighted by Gasteiger charge is 2.38. The third kappa shape index (κ3) is 2.83. The normalized spacial score (nSPS) is 20.8. The summed E-state index contributed by atoms with van der Waals surface area (Å²) in [5.74, 6) is -2.63. The fourth-order valence-corrected chi connectivity index (χ4v) is 1.47. The van der Waals surface area contributed by atoms with Crippen LogP contribution in [0.25, 0.3) is 0 Å². The molecule has 0 bridgehead atoms. The summed E-state index contributed by atoms with van der Waals surface area (Å²) in [6.45, 7) is 1.68. The molecule has 1 heterocycles. The molecule has 1 rings (SSSR count). The number of likely N-dealkylation sites (N-methyl/N-ethyl adjacent to an activating group) is 1. The summed E-state index contributed by atoms with van der Waals surface area (Å²) < 4.78 is 4.57. The molecule has 1 aliphatic heterocycles. The maximum atomic E-state index is 11.6. The number of carbonyl (C=O) groups excluding carboxylic acids is 4. The lowest BCUT2D eigenvalue weighted by atomic mass is 10.2. The van der Waals surface area contributed by atoms with Crippen molar-refractivity contribution in [3.63, 3.8) is 0 Å². The Hall–Kier alpha value is -1.96. The van der Waals surface area contributed by atoms with Crippen LogP contribution in [0.3, 0.4) is 0 Å². The monoisotopic (exact) mass is 257 g/mol. The molecule has 3 amide bonds. The SMILES string of the molecule is CCOC(=O)C(N)C(=O)NC1CC(=O)N(C)C1=O.